The zero-order chi connectivity index (χ0) is 13.8. The number of ether oxygens (including phenoxy) is 1. The van der Waals surface area contributed by atoms with Gasteiger partial charge in [0, 0.05) is 22.7 Å². The summed E-state index contributed by atoms with van der Waals surface area (Å²) in [4.78, 5) is 3.94. The lowest BCUT2D eigenvalue weighted by Crippen LogP contribution is -2.05. The van der Waals surface area contributed by atoms with Gasteiger partial charge < -0.3 is 9.84 Å². The molecule has 0 radical (unpaired) electrons. The molecule has 5 heteroatoms. The van der Waals surface area contributed by atoms with Crippen molar-refractivity contribution in [3.05, 3.63) is 58.1 Å². The maximum absolute atomic E-state index is 13.0. The molecule has 0 saturated carbocycles. The smallest absolute Gasteiger partial charge is 0.142 e. The van der Waals surface area contributed by atoms with Crippen LogP contribution in [0.2, 0.25) is 0 Å². The summed E-state index contributed by atoms with van der Waals surface area (Å²) in [5.74, 6) is 0.222. The van der Waals surface area contributed by atoms with Gasteiger partial charge in [-0.15, -0.1) is 0 Å². The van der Waals surface area contributed by atoms with Gasteiger partial charge in [0.05, 0.1) is 19.4 Å². The number of benzene rings is 1. The first-order valence-electron chi connectivity index (χ1n) is 5.71. The first-order valence-corrected chi connectivity index (χ1v) is 6.51. The van der Waals surface area contributed by atoms with E-state index in [9.17, 15) is 9.50 Å². The van der Waals surface area contributed by atoms with Crippen molar-refractivity contribution >= 4 is 15.9 Å². The van der Waals surface area contributed by atoms with Gasteiger partial charge >= 0.3 is 0 Å². The van der Waals surface area contributed by atoms with E-state index in [2.05, 4.69) is 20.9 Å². The SMILES string of the molecule is COc1cnccc1C(O)Cc1ccc(F)cc1Br. The first-order chi connectivity index (χ1) is 9.11. The zero-order valence-corrected chi connectivity index (χ0v) is 11.9. The van der Waals surface area contributed by atoms with Crippen molar-refractivity contribution in [2.75, 3.05) is 7.11 Å². The van der Waals surface area contributed by atoms with Crippen LogP contribution < -0.4 is 4.74 Å². The Morgan fingerprint density at radius 2 is 2.21 bits per heavy atom. The van der Waals surface area contributed by atoms with Crippen molar-refractivity contribution in [1.29, 1.82) is 0 Å². The summed E-state index contributed by atoms with van der Waals surface area (Å²) in [7, 11) is 1.53. The van der Waals surface area contributed by atoms with Crippen LogP contribution in [0.5, 0.6) is 5.75 Å². The summed E-state index contributed by atoms with van der Waals surface area (Å²) in [5, 5.41) is 10.3. The van der Waals surface area contributed by atoms with Crippen molar-refractivity contribution in [1.82, 2.24) is 4.98 Å². The van der Waals surface area contributed by atoms with Gasteiger partial charge in [-0.2, -0.15) is 0 Å². The second-order valence-electron chi connectivity index (χ2n) is 4.07. The molecular weight excluding hydrogens is 313 g/mol. The van der Waals surface area contributed by atoms with Gasteiger partial charge in [0.2, 0.25) is 0 Å². The van der Waals surface area contributed by atoms with Crippen molar-refractivity contribution in [2.45, 2.75) is 12.5 Å². The van der Waals surface area contributed by atoms with Gasteiger partial charge in [0.15, 0.2) is 0 Å². The summed E-state index contributed by atoms with van der Waals surface area (Å²) in [5.41, 5.74) is 1.49. The fraction of sp³-hybridized carbons (Fsp3) is 0.214. The third-order valence-corrected chi connectivity index (χ3v) is 3.56. The Balaban J connectivity index is 2.23. The molecule has 1 aromatic heterocycles. The zero-order valence-electron chi connectivity index (χ0n) is 10.3. The minimum atomic E-state index is -0.736. The minimum absolute atomic E-state index is 0.313. The van der Waals surface area contributed by atoms with Crippen molar-refractivity contribution < 1.29 is 14.2 Å². The Labute approximate surface area is 119 Å². The van der Waals surface area contributed by atoms with Gasteiger partial charge in [0.1, 0.15) is 11.6 Å². The minimum Gasteiger partial charge on any atom is -0.495 e. The summed E-state index contributed by atoms with van der Waals surface area (Å²) < 4.78 is 18.8. The molecule has 0 aliphatic rings. The third kappa shape index (κ3) is 3.30. The van der Waals surface area contributed by atoms with Crippen molar-refractivity contribution in [3.8, 4) is 5.75 Å². The lowest BCUT2D eigenvalue weighted by atomic mass is 10.0. The fourth-order valence-electron chi connectivity index (χ4n) is 1.84. The van der Waals surface area contributed by atoms with Crippen LogP contribution in [0.4, 0.5) is 4.39 Å². The van der Waals surface area contributed by atoms with E-state index in [-0.39, 0.29) is 5.82 Å². The highest BCUT2D eigenvalue weighted by Gasteiger charge is 2.15. The number of aliphatic hydroxyl groups is 1. The molecule has 2 rings (SSSR count). The lowest BCUT2D eigenvalue weighted by Gasteiger charge is -2.15. The summed E-state index contributed by atoms with van der Waals surface area (Å²) in [6.07, 6.45) is 2.78. The standard InChI is InChI=1S/C14H13BrFNO2/c1-19-14-8-17-5-4-11(14)13(18)6-9-2-3-10(16)7-12(9)15/h2-5,7-8,13,18H,6H2,1H3. The van der Waals surface area contributed by atoms with Crippen LogP contribution in [0.25, 0.3) is 0 Å². The third-order valence-electron chi connectivity index (χ3n) is 2.82. The number of hydrogen-bond donors (Lipinski definition) is 1. The van der Waals surface area contributed by atoms with Gasteiger partial charge in [-0.3, -0.25) is 4.98 Å². The number of aliphatic hydroxyl groups excluding tert-OH is 1. The largest absolute Gasteiger partial charge is 0.495 e. The number of aromatic nitrogens is 1. The number of halogens is 2. The molecule has 19 heavy (non-hydrogen) atoms. The molecule has 1 unspecified atom stereocenters. The van der Waals surface area contributed by atoms with Crippen LogP contribution in [0.15, 0.2) is 41.1 Å². The number of pyridine rings is 1. The molecule has 1 heterocycles. The first kappa shape index (κ1) is 14.0. The highest BCUT2D eigenvalue weighted by atomic mass is 79.9. The summed E-state index contributed by atoms with van der Waals surface area (Å²) in [6.45, 7) is 0. The predicted molar refractivity (Wildman–Crippen MR) is 73.6 cm³/mol. The highest BCUT2D eigenvalue weighted by molar-refractivity contribution is 9.10. The molecule has 2 aromatic rings. The Kier molecular flexibility index (Phi) is 4.50. The van der Waals surface area contributed by atoms with Gasteiger partial charge in [-0.05, 0) is 23.8 Å². The average Bonchev–Trinajstić information content (AvgIpc) is 2.41. The van der Waals surface area contributed by atoms with Crippen LogP contribution in [-0.2, 0) is 6.42 Å². The average molecular weight is 326 g/mol. The van der Waals surface area contributed by atoms with Gasteiger partial charge in [-0.1, -0.05) is 22.0 Å². The van der Waals surface area contributed by atoms with E-state index < -0.39 is 6.10 Å². The van der Waals surface area contributed by atoms with E-state index in [1.54, 1.807) is 24.5 Å². The molecule has 1 N–H and O–H groups in total. The van der Waals surface area contributed by atoms with E-state index >= 15 is 0 Å². The van der Waals surface area contributed by atoms with Crippen LogP contribution in [0, 0.1) is 5.82 Å². The second kappa shape index (κ2) is 6.12. The lowest BCUT2D eigenvalue weighted by molar-refractivity contribution is 0.173. The number of hydrogen-bond acceptors (Lipinski definition) is 3. The second-order valence-corrected chi connectivity index (χ2v) is 4.93. The molecule has 0 fully saturated rings. The van der Waals surface area contributed by atoms with E-state index in [1.165, 1.54) is 19.2 Å². The van der Waals surface area contributed by atoms with Gasteiger partial charge in [0.25, 0.3) is 0 Å². The van der Waals surface area contributed by atoms with Crippen molar-refractivity contribution in [2.24, 2.45) is 0 Å². The maximum atomic E-state index is 13.0. The summed E-state index contributed by atoms with van der Waals surface area (Å²) >= 11 is 3.29. The number of methoxy groups -OCH3 is 1. The Hall–Kier alpha value is -1.46. The monoisotopic (exact) mass is 325 g/mol. The van der Waals surface area contributed by atoms with E-state index in [0.29, 0.717) is 22.2 Å². The number of rotatable bonds is 4. The molecule has 0 saturated heterocycles. The van der Waals surface area contributed by atoms with Crippen LogP contribution in [0.3, 0.4) is 0 Å². The normalized spacial score (nSPS) is 12.2. The molecule has 1 atom stereocenters. The molecular formula is C14H13BrFNO2. The molecule has 0 amide bonds. The Bertz CT molecular complexity index is 577. The predicted octanol–water partition coefficient (Wildman–Crippen LogP) is 3.27. The molecule has 0 aliphatic carbocycles. The van der Waals surface area contributed by atoms with Crippen molar-refractivity contribution in [3.63, 3.8) is 0 Å². The maximum Gasteiger partial charge on any atom is 0.142 e. The molecule has 1 aromatic carbocycles. The van der Waals surface area contributed by atoms with Gasteiger partial charge in [-0.25, -0.2) is 4.39 Å². The summed E-state index contributed by atoms with van der Waals surface area (Å²) in [6, 6.07) is 6.11. The van der Waals surface area contributed by atoms with E-state index in [1.807, 2.05) is 0 Å². The molecule has 100 valence electrons. The van der Waals surface area contributed by atoms with E-state index in [0.717, 1.165) is 5.56 Å². The Morgan fingerprint density at radius 1 is 1.42 bits per heavy atom. The quantitative estimate of drug-likeness (QED) is 0.938. The van der Waals surface area contributed by atoms with Crippen LogP contribution in [-0.4, -0.2) is 17.2 Å². The highest BCUT2D eigenvalue weighted by Crippen LogP contribution is 2.29. The molecule has 3 nitrogen and oxygen atoms in total. The topological polar surface area (TPSA) is 42.4 Å². The van der Waals surface area contributed by atoms with Crippen LogP contribution in [0.1, 0.15) is 17.2 Å². The molecule has 0 spiro atoms. The molecule has 0 aliphatic heterocycles. The number of nitrogens with zero attached hydrogens (tertiary/aromatic N) is 1. The fourth-order valence-corrected chi connectivity index (χ4v) is 2.35. The Morgan fingerprint density at radius 3 is 2.89 bits per heavy atom. The van der Waals surface area contributed by atoms with E-state index in [4.69, 9.17) is 4.74 Å². The van der Waals surface area contributed by atoms with Crippen LogP contribution >= 0.6 is 15.9 Å². The molecule has 0 bridgehead atoms.